The van der Waals surface area contributed by atoms with Crippen LogP contribution in [-0.2, 0) is 4.79 Å². The summed E-state index contributed by atoms with van der Waals surface area (Å²) in [6, 6.07) is 7.13. The van der Waals surface area contributed by atoms with Gasteiger partial charge in [0.1, 0.15) is 17.2 Å². The van der Waals surface area contributed by atoms with Crippen LogP contribution in [0.2, 0.25) is 0 Å². The first-order valence-corrected chi connectivity index (χ1v) is 7.12. The molecule has 0 saturated heterocycles. The third-order valence-electron chi connectivity index (χ3n) is 3.85. The second kappa shape index (κ2) is 6.16. The van der Waals surface area contributed by atoms with Gasteiger partial charge in [0, 0.05) is 35.9 Å². The smallest absolute Gasteiger partial charge is 0.312 e. The van der Waals surface area contributed by atoms with Crippen LogP contribution in [0.3, 0.4) is 0 Å². The van der Waals surface area contributed by atoms with Gasteiger partial charge >= 0.3 is 5.97 Å². The maximum atomic E-state index is 12.0. The number of rotatable bonds is 4. The summed E-state index contributed by atoms with van der Waals surface area (Å²) in [6.45, 7) is 0. The van der Waals surface area contributed by atoms with Gasteiger partial charge < -0.3 is 18.9 Å². The van der Waals surface area contributed by atoms with E-state index in [9.17, 15) is 4.79 Å². The van der Waals surface area contributed by atoms with Crippen molar-refractivity contribution in [3.05, 3.63) is 41.6 Å². The molecule has 0 amide bonds. The van der Waals surface area contributed by atoms with Gasteiger partial charge in [-0.1, -0.05) is 6.07 Å². The number of fused-ring (bicyclic) bond motifs is 1. The van der Waals surface area contributed by atoms with Crippen LogP contribution < -0.4 is 18.9 Å². The Morgan fingerprint density at radius 1 is 1.13 bits per heavy atom. The highest BCUT2D eigenvalue weighted by Crippen LogP contribution is 2.46. The summed E-state index contributed by atoms with van der Waals surface area (Å²) >= 11 is 0. The molecule has 23 heavy (non-hydrogen) atoms. The molecule has 1 aromatic carbocycles. The average Bonchev–Trinajstić information content (AvgIpc) is 2.59. The maximum absolute atomic E-state index is 12.0. The zero-order valence-corrected chi connectivity index (χ0v) is 13.2. The average molecular weight is 315 g/mol. The first-order chi connectivity index (χ1) is 11.2. The van der Waals surface area contributed by atoms with E-state index in [4.69, 9.17) is 18.9 Å². The van der Waals surface area contributed by atoms with E-state index >= 15 is 0 Å². The molecule has 0 spiro atoms. The Morgan fingerprint density at radius 2 is 1.96 bits per heavy atom. The summed E-state index contributed by atoms with van der Waals surface area (Å²) in [5.41, 5.74) is 1.71. The standard InChI is InChI=1S/C17H17NO5/c1-20-11-6-13(21-2)17-12(8-16(19)23-14(17)7-11)10-4-5-15(22-3)18-9-10/h4-7,9,12H,8H2,1-3H3. The molecular weight excluding hydrogens is 298 g/mol. The third-order valence-corrected chi connectivity index (χ3v) is 3.85. The fourth-order valence-electron chi connectivity index (χ4n) is 2.73. The van der Waals surface area contributed by atoms with Crippen LogP contribution in [0, 0.1) is 0 Å². The molecule has 1 unspecified atom stereocenters. The highest BCUT2D eigenvalue weighted by atomic mass is 16.5. The van der Waals surface area contributed by atoms with Crippen LogP contribution in [0.25, 0.3) is 0 Å². The molecule has 2 aromatic rings. The highest BCUT2D eigenvalue weighted by molar-refractivity contribution is 5.79. The van der Waals surface area contributed by atoms with E-state index in [1.54, 1.807) is 45.7 Å². The normalized spacial score (nSPS) is 16.3. The van der Waals surface area contributed by atoms with Gasteiger partial charge in [0.25, 0.3) is 0 Å². The molecule has 0 N–H and O–H groups in total. The van der Waals surface area contributed by atoms with Crippen molar-refractivity contribution in [1.82, 2.24) is 4.98 Å². The fraction of sp³-hybridized carbons (Fsp3) is 0.294. The van der Waals surface area contributed by atoms with Gasteiger partial charge in [0.2, 0.25) is 5.88 Å². The molecule has 1 atom stereocenters. The molecule has 0 saturated carbocycles. The molecule has 0 aliphatic carbocycles. The van der Waals surface area contributed by atoms with Crippen molar-refractivity contribution in [2.75, 3.05) is 21.3 Å². The molecule has 6 nitrogen and oxygen atoms in total. The Balaban J connectivity index is 2.11. The largest absolute Gasteiger partial charge is 0.496 e. The molecule has 0 radical (unpaired) electrons. The zero-order chi connectivity index (χ0) is 16.4. The lowest BCUT2D eigenvalue weighted by molar-refractivity contribution is -0.135. The number of benzene rings is 1. The van der Waals surface area contributed by atoms with Crippen molar-refractivity contribution in [1.29, 1.82) is 0 Å². The van der Waals surface area contributed by atoms with E-state index in [1.165, 1.54) is 0 Å². The SMILES string of the molecule is COc1cc(OC)c2c(c1)OC(=O)CC2c1ccc(OC)nc1. The van der Waals surface area contributed by atoms with Gasteiger partial charge in [-0.25, -0.2) is 4.98 Å². The van der Waals surface area contributed by atoms with Crippen molar-refractivity contribution < 1.29 is 23.7 Å². The Morgan fingerprint density at radius 3 is 2.57 bits per heavy atom. The number of aromatic nitrogens is 1. The number of carbonyl (C=O) groups is 1. The molecule has 120 valence electrons. The highest BCUT2D eigenvalue weighted by Gasteiger charge is 2.32. The van der Waals surface area contributed by atoms with E-state index in [0.29, 0.717) is 23.1 Å². The van der Waals surface area contributed by atoms with Crippen LogP contribution in [0.5, 0.6) is 23.1 Å². The molecule has 6 heteroatoms. The lowest BCUT2D eigenvalue weighted by atomic mass is 9.86. The lowest BCUT2D eigenvalue weighted by Crippen LogP contribution is -2.21. The topological polar surface area (TPSA) is 66.9 Å². The number of esters is 1. The summed E-state index contributed by atoms with van der Waals surface area (Å²) in [7, 11) is 4.69. The van der Waals surface area contributed by atoms with Crippen LogP contribution >= 0.6 is 0 Å². The van der Waals surface area contributed by atoms with E-state index in [-0.39, 0.29) is 18.3 Å². The zero-order valence-electron chi connectivity index (χ0n) is 13.2. The molecule has 2 heterocycles. The molecule has 1 aliphatic heterocycles. The van der Waals surface area contributed by atoms with E-state index in [1.807, 2.05) is 6.07 Å². The van der Waals surface area contributed by atoms with Gasteiger partial charge in [-0.05, 0) is 5.56 Å². The quantitative estimate of drug-likeness (QED) is 0.638. The van der Waals surface area contributed by atoms with Gasteiger partial charge in [-0.15, -0.1) is 0 Å². The van der Waals surface area contributed by atoms with E-state index in [2.05, 4.69) is 4.98 Å². The summed E-state index contributed by atoms with van der Waals surface area (Å²) < 4.78 is 21.1. The minimum Gasteiger partial charge on any atom is -0.496 e. The molecule has 3 rings (SSSR count). The number of hydrogen-bond acceptors (Lipinski definition) is 6. The minimum absolute atomic E-state index is 0.189. The van der Waals surface area contributed by atoms with Crippen molar-refractivity contribution in [2.24, 2.45) is 0 Å². The second-order valence-corrected chi connectivity index (χ2v) is 5.11. The molecule has 0 bridgehead atoms. The first kappa shape index (κ1) is 15.1. The van der Waals surface area contributed by atoms with Crippen molar-refractivity contribution in [3.8, 4) is 23.1 Å². The maximum Gasteiger partial charge on any atom is 0.312 e. The number of nitrogens with zero attached hydrogens (tertiary/aromatic N) is 1. The third kappa shape index (κ3) is 2.79. The molecule has 0 fully saturated rings. The Labute approximate surface area is 134 Å². The first-order valence-electron chi connectivity index (χ1n) is 7.12. The summed E-state index contributed by atoms with van der Waals surface area (Å²) in [4.78, 5) is 16.2. The summed E-state index contributed by atoms with van der Waals surface area (Å²) in [5, 5.41) is 0. The van der Waals surface area contributed by atoms with Crippen LogP contribution in [-0.4, -0.2) is 32.3 Å². The van der Waals surface area contributed by atoms with Gasteiger partial charge in [0.15, 0.2) is 0 Å². The Kier molecular flexibility index (Phi) is 4.06. The number of pyridine rings is 1. The predicted octanol–water partition coefficient (Wildman–Crippen LogP) is 2.55. The van der Waals surface area contributed by atoms with Crippen LogP contribution in [0.1, 0.15) is 23.5 Å². The monoisotopic (exact) mass is 315 g/mol. The predicted molar refractivity (Wildman–Crippen MR) is 82.4 cm³/mol. The molecular formula is C17H17NO5. The Hall–Kier alpha value is -2.76. The number of methoxy groups -OCH3 is 3. The van der Waals surface area contributed by atoms with Gasteiger partial charge in [-0.3, -0.25) is 4.79 Å². The van der Waals surface area contributed by atoms with Crippen LogP contribution in [0.15, 0.2) is 30.5 Å². The van der Waals surface area contributed by atoms with Crippen molar-refractivity contribution in [3.63, 3.8) is 0 Å². The van der Waals surface area contributed by atoms with E-state index < -0.39 is 0 Å². The second-order valence-electron chi connectivity index (χ2n) is 5.11. The van der Waals surface area contributed by atoms with Gasteiger partial charge in [0.05, 0.1) is 27.8 Å². The lowest BCUT2D eigenvalue weighted by Gasteiger charge is -2.27. The summed E-state index contributed by atoms with van der Waals surface area (Å²) in [6.07, 6.45) is 1.93. The van der Waals surface area contributed by atoms with Gasteiger partial charge in [-0.2, -0.15) is 0 Å². The molecule has 1 aromatic heterocycles. The number of ether oxygens (including phenoxy) is 4. The van der Waals surface area contributed by atoms with Crippen LogP contribution in [0.4, 0.5) is 0 Å². The fourth-order valence-corrected chi connectivity index (χ4v) is 2.73. The van der Waals surface area contributed by atoms with E-state index in [0.717, 1.165) is 11.1 Å². The summed E-state index contributed by atoms with van der Waals surface area (Å²) in [5.74, 6) is 1.68. The molecule has 1 aliphatic rings. The number of carbonyl (C=O) groups excluding carboxylic acids is 1. The Bertz CT molecular complexity index is 727. The van der Waals surface area contributed by atoms with Crippen molar-refractivity contribution in [2.45, 2.75) is 12.3 Å². The minimum atomic E-state index is -0.298. The van der Waals surface area contributed by atoms with Crippen molar-refractivity contribution >= 4 is 5.97 Å². The number of hydrogen-bond donors (Lipinski definition) is 0.